The molecule has 0 bridgehead atoms. The Morgan fingerprint density at radius 1 is 0.895 bits per heavy atom. The average molecular weight is 258 g/mol. The summed E-state index contributed by atoms with van der Waals surface area (Å²) in [6, 6.07) is 9.24. The molecule has 1 aliphatic carbocycles. The molecule has 19 heavy (non-hydrogen) atoms. The lowest BCUT2D eigenvalue weighted by Crippen LogP contribution is -2.23. The van der Waals surface area contributed by atoms with Gasteiger partial charge in [-0.1, -0.05) is 76.6 Å². The van der Waals surface area contributed by atoms with Crippen LogP contribution in [0.2, 0.25) is 0 Å². The summed E-state index contributed by atoms with van der Waals surface area (Å²) in [4.78, 5) is 0. The van der Waals surface area contributed by atoms with Gasteiger partial charge < -0.3 is 0 Å². The molecule has 0 radical (unpaired) electrons. The fraction of sp³-hybridized carbons (Fsp3) is 0.684. The Hall–Kier alpha value is -0.780. The van der Waals surface area contributed by atoms with Gasteiger partial charge in [-0.3, -0.25) is 0 Å². The Morgan fingerprint density at radius 3 is 2.16 bits per heavy atom. The summed E-state index contributed by atoms with van der Waals surface area (Å²) in [5.74, 6) is 0. The van der Waals surface area contributed by atoms with Crippen LogP contribution in [0.25, 0.3) is 0 Å². The van der Waals surface area contributed by atoms with Crippen molar-refractivity contribution in [3.05, 3.63) is 35.4 Å². The van der Waals surface area contributed by atoms with Gasteiger partial charge in [0.05, 0.1) is 0 Å². The normalized spacial score (nSPS) is 16.5. The largest absolute Gasteiger partial charge is 0.0654 e. The van der Waals surface area contributed by atoms with Gasteiger partial charge in [0.2, 0.25) is 0 Å². The van der Waals surface area contributed by atoms with Crippen LogP contribution in [0.15, 0.2) is 24.3 Å². The van der Waals surface area contributed by atoms with Gasteiger partial charge >= 0.3 is 0 Å². The van der Waals surface area contributed by atoms with Gasteiger partial charge in [0.1, 0.15) is 0 Å². The zero-order valence-electron chi connectivity index (χ0n) is 12.9. The molecule has 106 valence electrons. The molecule has 1 aromatic carbocycles. The van der Waals surface area contributed by atoms with Crippen LogP contribution in [0.1, 0.15) is 82.8 Å². The van der Waals surface area contributed by atoms with E-state index in [1.54, 1.807) is 11.1 Å². The molecule has 0 nitrogen and oxygen atoms in total. The maximum Gasteiger partial charge on any atom is -0.00411 e. The molecule has 0 N–H and O–H groups in total. The quantitative estimate of drug-likeness (QED) is 0.499. The van der Waals surface area contributed by atoms with Gasteiger partial charge in [0.25, 0.3) is 0 Å². The zero-order chi connectivity index (χ0) is 13.6. The van der Waals surface area contributed by atoms with E-state index in [9.17, 15) is 0 Å². The number of hydrogen-bond acceptors (Lipinski definition) is 0. The molecule has 0 heterocycles. The molecule has 0 spiro atoms. The van der Waals surface area contributed by atoms with E-state index in [1.165, 1.54) is 64.2 Å². The molecule has 1 aliphatic rings. The molecule has 0 saturated carbocycles. The van der Waals surface area contributed by atoms with Crippen LogP contribution in [0.3, 0.4) is 0 Å². The molecule has 0 aromatic heterocycles. The van der Waals surface area contributed by atoms with Crippen LogP contribution in [0.5, 0.6) is 0 Å². The highest BCUT2D eigenvalue weighted by Crippen LogP contribution is 2.46. The fourth-order valence-corrected chi connectivity index (χ4v) is 3.84. The van der Waals surface area contributed by atoms with Crippen molar-refractivity contribution >= 4 is 0 Å². The highest BCUT2D eigenvalue weighted by Gasteiger charge is 2.36. The molecule has 0 amide bonds. The van der Waals surface area contributed by atoms with Crippen molar-refractivity contribution in [2.75, 3.05) is 0 Å². The van der Waals surface area contributed by atoms with Crippen LogP contribution >= 0.6 is 0 Å². The standard InChI is InChI=1S/C19H30/c1-3-5-9-14-19(15-10-6-4-2)16-13-17-11-7-8-12-18(17)19/h7-8,11-12H,3-6,9-10,13-16H2,1-2H3. The fourth-order valence-electron chi connectivity index (χ4n) is 3.84. The summed E-state index contributed by atoms with van der Waals surface area (Å²) >= 11 is 0. The monoisotopic (exact) mass is 258 g/mol. The molecule has 0 saturated heterocycles. The predicted molar refractivity (Wildman–Crippen MR) is 84.7 cm³/mol. The summed E-state index contributed by atoms with van der Waals surface area (Å²) < 4.78 is 0. The second kappa shape index (κ2) is 7.12. The summed E-state index contributed by atoms with van der Waals surface area (Å²) in [5, 5.41) is 0. The first-order chi connectivity index (χ1) is 9.32. The topological polar surface area (TPSA) is 0 Å². The second-order valence-corrected chi connectivity index (χ2v) is 6.35. The van der Waals surface area contributed by atoms with Crippen LogP contribution < -0.4 is 0 Å². The zero-order valence-corrected chi connectivity index (χ0v) is 12.9. The lowest BCUT2D eigenvalue weighted by atomic mass is 9.73. The number of hydrogen-bond donors (Lipinski definition) is 0. The summed E-state index contributed by atoms with van der Waals surface area (Å²) in [6.07, 6.45) is 13.9. The van der Waals surface area contributed by atoms with Crippen molar-refractivity contribution < 1.29 is 0 Å². The second-order valence-electron chi connectivity index (χ2n) is 6.35. The molecular weight excluding hydrogens is 228 g/mol. The van der Waals surface area contributed by atoms with Crippen molar-refractivity contribution in [2.24, 2.45) is 0 Å². The number of rotatable bonds is 8. The minimum Gasteiger partial charge on any atom is -0.0654 e. The highest BCUT2D eigenvalue weighted by atomic mass is 14.4. The van der Waals surface area contributed by atoms with E-state index < -0.39 is 0 Å². The van der Waals surface area contributed by atoms with E-state index in [1.807, 2.05) is 0 Å². The first-order valence-corrected chi connectivity index (χ1v) is 8.41. The number of benzene rings is 1. The maximum atomic E-state index is 2.42. The lowest BCUT2D eigenvalue weighted by Gasteiger charge is -2.31. The Balaban J connectivity index is 2.11. The maximum absolute atomic E-state index is 2.42. The Labute approximate surface area is 119 Å². The van der Waals surface area contributed by atoms with Crippen LogP contribution in [-0.2, 0) is 11.8 Å². The third-order valence-corrected chi connectivity index (χ3v) is 4.98. The number of unbranched alkanes of at least 4 members (excludes halogenated alkanes) is 4. The van der Waals surface area contributed by atoms with Crippen molar-refractivity contribution in [3.63, 3.8) is 0 Å². The van der Waals surface area contributed by atoms with E-state index in [2.05, 4.69) is 38.1 Å². The SMILES string of the molecule is CCCCCC1(CCCCC)CCc2ccccc21. The molecule has 0 fully saturated rings. The van der Waals surface area contributed by atoms with Gasteiger partial charge in [-0.25, -0.2) is 0 Å². The van der Waals surface area contributed by atoms with Crippen molar-refractivity contribution in [1.82, 2.24) is 0 Å². The minimum atomic E-state index is 0.529. The first kappa shape index (κ1) is 14.6. The van der Waals surface area contributed by atoms with Gasteiger partial charge in [0.15, 0.2) is 0 Å². The smallest absolute Gasteiger partial charge is 0.00411 e. The van der Waals surface area contributed by atoms with Crippen molar-refractivity contribution in [3.8, 4) is 0 Å². The summed E-state index contributed by atoms with van der Waals surface area (Å²) in [7, 11) is 0. The van der Waals surface area contributed by atoms with E-state index >= 15 is 0 Å². The van der Waals surface area contributed by atoms with Gasteiger partial charge in [0, 0.05) is 0 Å². The summed E-state index contributed by atoms with van der Waals surface area (Å²) in [6.45, 7) is 4.62. The Kier molecular flexibility index (Phi) is 5.48. The predicted octanol–water partition coefficient (Wildman–Crippen LogP) is 6.03. The molecular formula is C19H30. The van der Waals surface area contributed by atoms with Gasteiger partial charge in [-0.2, -0.15) is 0 Å². The number of aryl methyl sites for hydroxylation is 1. The molecule has 0 unspecified atom stereocenters. The average Bonchev–Trinajstić information content (AvgIpc) is 2.80. The van der Waals surface area contributed by atoms with Crippen molar-refractivity contribution in [1.29, 1.82) is 0 Å². The van der Waals surface area contributed by atoms with Gasteiger partial charge in [-0.15, -0.1) is 0 Å². The van der Waals surface area contributed by atoms with Crippen LogP contribution in [-0.4, -0.2) is 0 Å². The van der Waals surface area contributed by atoms with E-state index in [4.69, 9.17) is 0 Å². The lowest BCUT2D eigenvalue weighted by molar-refractivity contribution is 0.335. The number of fused-ring (bicyclic) bond motifs is 1. The third kappa shape index (κ3) is 3.41. The van der Waals surface area contributed by atoms with Crippen LogP contribution in [0, 0.1) is 0 Å². The Morgan fingerprint density at radius 2 is 1.53 bits per heavy atom. The molecule has 1 aromatic rings. The highest BCUT2D eigenvalue weighted by molar-refractivity contribution is 5.39. The van der Waals surface area contributed by atoms with E-state index in [0.717, 1.165) is 0 Å². The van der Waals surface area contributed by atoms with E-state index in [-0.39, 0.29) is 0 Å². The van der Waals surface area contributed by atoms with E-state index in [0.29, 0.717) is 5.41 Å². The van der Waals surface area contributed by atoms with Crippen molar-refractivity contribution in [2.45, 2.75) is 83.5 Å². The molecule has 0 heteroatoms. The van der Waals surface area contributed by atoms with Crippen LogP contribution in [0.4, 0.5) is 0 Å². The third-order valence-electron chi connectivity index (χ3n) is 4.98. The minimum absolute atomic E-state index is 0.529. The molecule has 2 rings (SSSR count). The first-order valence-electron chi connectivity index (χ1n) is 8.41. The summed E-state index contributed by atoms with van der Waals surface area (Å²) in [5.41, 5.74) is 3.86. The Bertz CT molecular complexity index is 367. The molecule has 0 atom stereocenters. The van der Waals surface area contributed by atoms with Gasteiger partial charge in [-0.05, 0) is 42.2 Å². The molecule has 0 aliphatic heterocycles.